The van der Waals surface area contributed by atoms with Crippen molar-refractivity contribution in [1.29, 1.82) is 0 Å². The Kier molecular flexibility index (Phi) is 5.07. The summed E-state index contributed by atoms with van der Waals surface area (Å²) in [6, 6.07) is 3.03. The summed E-state index contributed by atoms with van der Waals surface area (Å²) < 4.78 is 26.8. The number of pyridine rings is 1. The molecule has 1 heterocycles. The van der Waals surface area contributed by atoms with E-state index in [2.05, 4.69) is 15.0 Å². The molecule has 0 aromatic carbocycles. The molecule has 0 unspecified atom stereocenters. The molecule has 1 rings (SSSR count). The fourth-order valence-electron chi connectivity index (χ4n) is 1.72. The van der Waals surface area contributed by atoms with E-state index >= 15 is 0 Å². The number of nitrogens with zero attached hydrogens (tertiary/aromatic N) is 1. The minimum Gasteiger partial charge on any atom is -0.370 e. The number of aromatic nitrogens is 1. The third-order valence-electron chi connectivity index (χ3n) is 2.43. The highest BCUT2D eigenvalue weighted by molar-refractivity contribution is 7.89. The van der Waals surface area contributed by atoms with Crippen LogP contribution in [-0.4, -0.2) is 31.4 Å². The van der Waals surface area contributed by atoms with Gasteiger partial charge in [-0.05, 0) is 32.9 Å². The van der Waals surface area contributed by atoms with Crippen LogP contribution in [0.1, 0.15) is 27.2 Å². The smallest absolute Gasteiger partial charge is 0.242 e. The van der Waals surface area contributed by atoms with Crippen molar-refractivity contribution in [1.82, 2.24) is 9.71 Å². The SMILES string of the molecule is CCNc1ccc(S(=O)(=O)NC(C)(C)CC(N)=O)cn1. The van der Waals surface area contributed by atoms with E-state index in [1.54, 1.807) is 19.9 Å². The minimum atomic E-state index is -3.74. The number of nitrogens with one attached hydrogen (secondary N) is 2. The van der Waals surface area contributed by atoms with E-state index in [9.17, 15) is 13.2 Å². The Balaban J connectivity index is 2.90. The molecule has 0 aliphatic carbocycles. The van der Waals surface area contributed by atoms with Crippen LogP contribution in [0.3, 0.4) is 0 Å². The van der Waals surface area contributed by atoms with Crippen molar-refractivity contribution in [3.63, 3.8) is 0 Å². The standard InChI is InChI=1S/C12H20N4O3S/c1-4-14-11-6-5-9(8-15-11)20(18,19)16-12(2,3)7-10(13)17/h5-6,8,16H,4,7H2,1-3H3,(H2,13,17)(H,14,15). The number of rotatable bonds is 7. The molecule has 112 valence electrons. The molecule has 0 radical (unpaired) electrons. The summed E-state index contributed by atoms with van der Waals surface area (Å²) in [5.41, 5.74) is 4.14. The molecule has 0 atom stereocenters. The maximum absolute atomic E-state index is 12.2. The average Bonchev–Trinajstić information content (AvgIpc) is 2.26. The monoisotopic (exact) mass is 300 g/mol. The Morgan fingerprint density at radius 1 is 1.40 bits per heavy atom. The van der Waals surface area contributed by atoms with E-state index < -0.39 is 21.5 Å². The molecule has 8 heteroatoms. The summed E-state index contributed by atoms with van der Waals surface area (Å²) in [6.07, 6.45) is 1.18. The van der Waals surface area contributed by atoms with E-state index in [0.29, 0.717) is 12.4 Å². The summed E-state index contributed by atoms with van der Waals surface area (Å²) in [7, 11) is -3.74. The van der Waals surface area contributed by atoms with Crippen molar-refractivity contribution >= 4 is 21.7 Å². The molecule has 7 nitrogen and oxygen atoms in total. The first kappa shape index (κ1) is 16.4. The van der Waals surface area contributed by atoms with Gasteiger partial charge in [0.1, 0.15) is 10.7 Å². The zero-order valence-corrected chi connectivity index (χ0v) is 12.6. The second kappa shape index (κ2) is 6.19. The summed E-state index contributed by atoms with van der Waals surface area (Å²) in [4.78, 5) is 15.0. The summed E-state index contributed by atoms with van der Waals surface area (Å²) in [6.45, 7) is 5.80. The lowest BCUT2D eigenvalue weighted by Crippen LogP contribution is -2.45. The maximum atomic E-state index is 12.2. The lowest BCUT2D eigenvalue weighted by atomic mass is 10.0. The molecular weight excluding hydrogens is 280 g/mol. The van der Waals surface area contributed by atoms with Crippen LogP contribution in [0.4, 0.5) is 5.82 Å². The molecular formula is C12H20N4O3S. The number of primary amides is 1. The molecule has 0 saturated heterocycles. The second-order valence-corrected chi connectivity index (χ2v) is 6.72. The van der Waals surface area contributed by atoms with Crippen molar-refractivity contribution in [2.45, 2.75) is 37.6 Å². The second-order valence-electron chi connectivity index (χ2n) is 5.04. The highest BCUT2D eigenvalue weighted by Crippen LogP contribution is 2.16. The molecule has 4 N–H and O–H groups in total. The summed E-state index contributed by atoms with van der Waals surface area (Å²) in [5, 5.41) is 2.97. The first-order valence-electron chi connectivity index (χ1n) is 6.18. The van der Waals surface area contributed by atoms with Crippen LogP contribution < -0.4 is 15.8 Å². The molecule has 0 aliphatic heterocycles. The molecule has 1 aromatic rings. The van der Waals surface area contributed by atoms with Gasteiger partial charge in [-0.1, -0.05) is 0 Å². The van der Waals surface area contributed by atoms with Gasteiger partial charge in [0.2, 0.25) is 15.9 Å². The Labute approximate surface area is 119 Å². The predicted molar refractivity (Wildman–Crippen MR) is 76.6 cm³/mol. The van der Waals surface area contributed by atoms with Crippen molar-refractivity contribution < 1.29 is 13.2 Å². The molecule has 0 fully saturated rings. The average molecular weight is 300 g/mol. The van der Waals surface area contributed by atoms with Crippen LogP contribution >= 0.6 is 0 Å². The highest BCUT2D eigenvalue weighted by atomic mass is 32.2. The topological polar surface area (TPSA) is 114 Å². The van der Waals surface area contributed by atoms with Gasteiger partial charge >= 0.3 is 0 Å². The molecule has 0 spiro atoms. The quantitative estimate of drug-likeness (QED) is 0.676. The van der Waals surface area contributed by atoms with Gasteiger partial charge in [0, 0.05) is 24.7 Å². The Bertz CT molecular complexity index is 567. The van der Waals surface area contributed by atoms with Crippen molar-refractivity contribution in [3.05, 3.63) is 18.3 Å². The molecule has 0 bridgehead atoms. The Morgan fingerprint density at radius 3 is 2.50 bits per heavy atom. The van der Waals surface area contributed by atoms with Gasteiger partial charge in [-0.15, -0.1) is 0 Å². The van der Waals surface area contributed by atoms with E-state index in [4.69, 9.17) is 5.73 Å². The van der Waals surface area contributed by atoms with Gasteiger partial charge in [-0.3, -0.25) is 4.79 Å². The van der Waals surface area contributed by atoms with Crippen LogP contribution in [-0.2, 0) is 14.8 Å². The first-order valence-corrected chi connectivity index (χ1v) is 7.67. The van der Waals surface area contributed by atoms with Gasteiger partial charge in [-0.2, -0.15) is 0 Å². The predicted octanol–water partition coefficient (Wildman–Crippen LogP) is 0.446. The number of carbonyl (C=O) groups is 1. The van der Waals surface area contributed by atoms with Crippen molar-refractivity contribution in [3.8, 4) is 0 Å². The van der Waals surface area contributed by atoms with Crippen molar-refractivity contribution in [2.75, 3.05) is 11.9 Å². The number of anilines is 1. The lowest BCUT2D eigenvalue weighted by Gasteiger charge is -2.24. The molecule has 1 amide bonds. The number of hydrogen-bond donors (Lipinski definition) is 3. The van der Waals surface area contributed by atoms with Gasteiger partial charge in [0.05, 0.1) is 0 Å². The Hall–Kier alpha value is -1.67. The number of amides is 1. The van der Waals surface area contributed by atoms with Crippen LogP contribution in [0.25, 0.3) is 0 Å². The first-order chi connectivity index (χ1) is 9.16. The van der Waals surface area contributed by atoms with Gasteiger partial charge in [0.15, 0.2) is 0 Å². The maximum Gasteiger partial charge on any atom is 0.242 e. The normalized spacial score (nSPS) is 12.2. The minimum absolute atomic E-state index is 0.0386. The third kappa shape index (κ3) is 4.78. The van der Waals surface area contributed by atoms with E-state index in [1.165, 1.54) is 12.3 Å². The van der Waals surface area contributed by atoms with E-state index in [-0.39, 0.29) is 11.3 Å². The molecule has 0 saturated carbocycles. The van der Waals surface area contributed by atoms with E-state index in [1.807, 2.05) is 6.92 Å². The zero-order chi connectivity index (χ0) is 15.4. The third-order valence-corrected chi connectivity index (χ3v) is 4.11. The van der Waals surface area contributed by atoms with Crippen LogP contribution in [0, 0.1) is 0 Å². The summed E-state index contributed by atoms with van der Waals surface area (Å²) >= 11 is 0. The highest BCUT2D eigenvalue weighted by Gasteiger charge is 2.28. The van der Waals surface area contributed by atoms with Gasteiger partial charge < -0.3 is 11.1 Å². The van der Waals surface area contributed by atoms with Crippen LogP contribution in [0.5, 0.6) is 0 Å². The molecule has 0 aliphatic rings. The molecule has 1 aromatic heterocycles. The fourth-order valence-corrected chi connectivity index (χ4v) is 3.08. The fraction of sp³-hybridized carbons (Fsp3) is 0.500. The lowest BCUT2D eigenvalue weighted by molar-refractivity contribution is -0.119. The zero-order valence-electron chi connectivity index (χ0n) is 11.8. The van der Waals surface area contributed by atoms with E-state index in [0.717, 1.165) is 0 Å². The molecule has 20 heavy (non-hydrogen) atoms. The number of hydrogen-bond acceptors (Lipinski definition) is 5. The van der Waals surface area contributed by atoms with Gasteiger partial charge in [0.25, 0.3) is 0 Å². The Morgan fingerprint density at radius 2 is 2.05 bits per heavy atom. The number of nitrogens with two attached hydrogens (primary N) is 1. The largest absolute Gasteiger partial charge is 0.370 e. The number of sulfonamides is 1. The number of carbonyl (C=O) groups excluding carboxylic acids is 1. The summed E-state index contributed by atoms with van der Waals surface area (Å²) in [5.74, 6) is 0.0289. The van der Waals surface area contributed by atoms with Crippen LogP contribution in [0.15, 0.2) is 23.2 Å². The van der Waals surface area contributed by atoms with Crippen molar-refractivity contribution in [2.24, 2.45) is 5.73 Å². The van der Waals surface area contributed by atoms with Crippen LogP contribution in [0.2, 0.25) is 0 Å². The van der Waals surface area contributed by atoms with Gasteiger partial charge in [-0.25, -0.2) is 18.1 Å².